The number of aromatic carboxylic acids is 1. The summed E-state index contributed by atoms with van der Waals surface area (Å²) < 4.78 is 0. The Morgan fingerprint density at radius 1 is 1.64 bits per heavy atom. The van der Waals surface area contributed by atoms with Gasteiger partial charge in [0.25, 0.3) is 0 Å². The number of hydrogen-bond acceptors (Lipinski definition) is 4. The summed E-state index contributed by atoms with van der Waals surface area (Å²) in [6.45, 7) is 1.57. The van der Waals surface area contributed by atoms with Crippen LogP contribution in [0.3, 0.4) is 0 Å². The predicted octanol–water partition coefficient (Wildman–Crippen LogP) is 0.183. The van der Waals surface area contributed by atoms with Crippen LogP contribution in [-0.2, 0) is 0 Å². The van der Waals surface area contributed by atoms with Crippen molar-refractivity contribution in [3.63, 3.8) is 0 Å². The smallest absolute Gasteiger partial charge is 0.337 e. The molecular formula is C8H9N3O3. The molecule has 1 heterocycles. The third kappa shape index (κ3) is 1.79. The second-order valence-corrected chi connectivity index (χ2v) is 2.65. The van der Waals surface area contributed by atoms with E-state index in [0.29, 0.717) is 5.69 Å². The highest BCUT2D eigenvalue weighted by Gasteiger charge is 2.10. The normalized spacial score (nSPS) is 11.4. The molecule has 0 saturated carbocycles. The van der Waals surface area contributed by atoms with Gasteiger partial charge < -0.3 is 16.0 Å². The molecule has 14 heavy (non-hydrogen) atoms. The minimum Gasteiger partial charge on any atom is -0.478 e. The van der Waals surface area contributed by atoms with E-state index in [9.17, 15) is 4.79 Å². The van der Waals surface area contributed by atoms with Crippen molar-refractivity contribution in [1.29, 1.82) is 0 Å². The molecule has 1 aromatic rings. The minimum absolute atomic E-state index is 0.0362. The highest BCUT2D eigenvalue weighted by atomic mass is 16.4. The molecule has 0 aromatic carbocycles. The zero-order valence-corrected chi connectivity index (χ0v) is 7.43. The van der Waals surface area contributed by atoms with Crippen molar-refractivity contribution in [2.45, 2.75) is 6.92 Å². The van der Waals surface area contributed by atoms with Gasteiger partial charge in [-0.15, -0.1) is 0 Å². The van der Waals surface area contributed by atoms with Gasteiger partial charge >= 0.3 is 5.97 Å². The van der Waals surface area contributed by atoms with E-state index < -0.39 is 5.97 Å². The van der Waals surface area contributed by atoms with Gasteiger partial charge in [0.2, 0.25) is 0 Å². The van der Waals surface area contributed by atoms with E-state index in [1.165, 1.54) is 12.3 Å². The van der Waals surface area contributed by atoms with E-state index in [2.05, 4.69) is 10.1 Å². The Morgan fingerprint density at radius 3 is 2.79 bits per heavy atom. The Balaban J connectivity index is 3.26. The van der Waals surface area contributed by atoms with Crippen LogP contribution in [0, 0.1) is 6.92 Å². The first-order valence-corrected chi connectivity index (χ1v) is 3.74. The lowest BCUT2D eigenvalue weighted by Gasteiger charge is -2.02. The molecule has 0 radical (unpaired) electrons. The maximum absolute atomic E-state index is 10.7. The van der Waals surface area contributed by atoms with Crippen molar-refractivity contribution in [1.82, 2.24) is 4.98 Å². The fraction of sp³-hybridized carbons (Fsp3) is 0.125. The van der Waals surface area contributed by atoms with Crippen LogP contribution >= 0.6 is 0 Å². The van der Waals surface area contributed by atoms with Gasteiger partial charge in [-0.25, -0.2) is 4.79 Å². The Hall–Kier alpha value is -2.11. The van der Waals surface area contributed by atoms with Crippen LogP contribution in [0.4, 0.5) is 0 Å². The molecular weight excluding hydrogens is 186 g/mol. The van der Waals surface area contributed by atoms with Crippen LogP contribution < -0.4 is 5.73 Å². The molecule has 0 fully saturated rings. The molecule has 6 nitrogen and oxygen atoms in total. The molecule has 0 bridgehead atoms. The first kappa shape index (κ1) is 9.97. The number of oxime groups is 1. The predicted molar refractivity (Wildman–Crippen MR) is 48.4 cm³/mol. The van der Waals surface area contributed by atoms with Crippen LogP contribution in [0.2, 0.25) is 0 Å². The lowest BCUT2D eigenvalue weighted by molar-refractivity contribution is 0.0695. The van der Waals surface area contributed by atoms with Crippen molar-refractivity contribution >= 4 is 11.8 Å². The molecule has 4 N–H and O–H groups in total. The van der Waals surface area contributed by atoms with Crippen molar-refractivity contribution in [2.24, 2.45) is 10.9 Å². The van der Waals surface area contributed by atoms with Gasteiger partial charge in [0.15, 0.2) is 5.84 Å². The van der Waals surface area contributed by atoms with E-state index >= 15 is 0 Å². The number of amidine groups is 1. The highest BCUT2D eigenvalue weighted by Crippen LogP contribution is 2.07. The summed E-state index contributed by atoms with van der Waals surface area (Å²) in [6, 6.07) is 1.31. The molecule has 0 aliphatic heterocycles. The van der Waals surface area contributed by atoms with E-state index in [1.54, 1.807) is 6.92 Å². The lowest BCUT2D eigenvalue weighted by Crippen LogP contribution is -2.15. The standard InChI is InChI=1S/C8H9N3O3/c1-4-6(8(12)13)2-5(3-10-4)7(9)11-14/h2-3,14H,1H3,(H2,9,11)(H,12,13). The van der Waals surface area contributed by atoms with E-state index in [4.69, 9.17) is 16.0 Å². The summed E-state index contributed by atoms with van der Waals surface area (Å²) in [6.07, 6.45) is 1.34. The lowest BCUT2D eigenvalue weighted by atomic mass is 10.1. The molecule has 0 unspecified atom stereocenters. The fourth-order valence-electron chi connectivity index (χ4n) is 0.947. The molecule has 1 rings (SSSR count). The van der Waals surface area contributed by atoms with Crippen molar-refractivity contribution < 1.29 is 15.1 Å². The molecule has 0 spiro atoms. The number of nitrogens with two attached hydrogens (primary N) is 1. The summed E-state index contributed by atoms with van der Waals surface area (Å²) in [5.74, 6) is -1.26. The van der Waals surface area contributed by atoms with Crippen LogP contribution in [0.1, 0.15) is 21.6 Å². The quantitative estimate of drug-likeness (QED) is 0.270. The Labute approximate surface area is 79.7 Å². The second kappa shape index (κ2) is 3.73. The summed E-state index contributed by atoms with van der Waals surface area (Å²) in [4.78, 5) is 14.5. The molecule has 1 aromatic heterocycles. The number of nitrogens with zero attached hydrogens (tertiary/aromatic N) is 2. The Bertz CT molecular complexity index is 401. The number of carboxylic acids is 1. The molecule has 6 heteroatoms. The molecule has 74 valence electrons. The zero-order chi connectivity index (χ0) is 10.7. The Kier molecular flexibility index (Phi) is 2.66. The van der Waals surface area contributed by atoms with Crippen LogP contribution in [0.5, 0.6) is 0 Å². The number of rotatable bonds is 2. The highest BCUT2D eigenvalue weighted by molar-refractivity contribution is 5.99. The monoisotopic (exact) mass is 195 g/mol. The molecule has 0 saturated heterocycles. The third-order valence-electron chi connectivity index (χ3n) is 1.72. The van der Waals surface area contributed by atoms with Crippen molar-refractivity contribution in [3.05, 3.63) is 29.1 Å². The number of hydrogen-bond donors (Lipinski definition) is 3. The maximum atomic E-state index is 10.7. The zero-order valence-electron chi connectivity index (χ0n) is 7.43. The number of carboxylic acid groups (broad SMARTS) is 1. The van der Waals surface area contributed by atoms with Gasteiger partial charge in [-0.2, -0.15) is 0 Å². The van der Waals surface area contributed by atoms with Gasteiger partial charge in [-0.3, -0.25) is 4.98 Å². The number of carbonyl (C=O) groups is 1. The average Bonchev–Trinajstić information content (AvgIpc) is 2.17. The maximum Gasteiger partial charge on any atom is 0.337 e. The SMILES string of the molecule is Cc1ncc(C(N)=NO)cc1C(=O)O. The van der Waals surface area contributed by atoms with E-state index in [0.717, 1.165) is 0 Å². The molecule has 0 aliphatic rings. The van der Waals surface area contributed by atoms with Gasteiger partial charge in [0.1, 0.15) is 0 Å². The van der Waals surface area contributed by atoms with Gasteiger partial charge in [-0.05, 0) is 13.0 Å². The summed E-state index contributed by atoms with van der Waals surface area (Å²) in [5.41, 5.74) is 5.97. The molecule has 0 amide bonds. The van der Waals surface area contributed by atoms with Crippen molar-refractivity contribution in [2.75, 3.05) is 0 Å². The Morgan fingerprint density at radius 2 is 2.29 bits per heavy atom. The number of aromatic nitrogens is 1. The summed E-state index contributed by atoms with van der Waals surface area (Å²) in [5, 5.41) is 19.9. The first-order valence-electron chi connectivity index (χ1n) is 3.74. The van der Waals surface area contributed by atoms with E-state index in [-0.39, 0.29) is 17.0 Å². The van der Waals surface area contributed by atoms with Crippen LogP contribution in [0.25, 0.3) is 0 Å². The summed E-state index contributed by atoms with van der Waals surface area (Å²) >= 11 is 0. The van der Waals surface area contributed by atoms with Gasteiger partial charge in [0.05, 0.1) is 11.3 Å². The van der Waals surface area contributed by atoms with Gasteiger partial charge in [0, 0.05) is 11.8 Å². The third-order valence-corrected chi connectivity index (χ3v) is 1.72. The van der Waals surface area contributed by atoms with Crippen LogP contribution in [-0.4, -0.2) is 27.1 Å². The number of pyridine rings is 1. The van der Waals surface area contributed by atoms with Crippen LogP contribution in [0.15, 0.2) is 17.4 Å². The largest absolute Gasteiger partial charge is 0.478 e. The van der Waals surface area contributed by atoms with E-state index in [1.807, 2.05) is 0 Å². The molecule has 0 atom stereocenters. The topological polar surface area (TPSA) is 109 Å². The molecule has 0 aliphatic carbocycles. The first-order chi connectivity index (χ1) is 6.56. The fourth-order valence-corrected chi connectivity index (χ4v) is 0.947. The average molecular weight is 195 g/mol. The van der Waals surface area contributed by atoms with Gasteiger partial charge in [-0.1, -0.05) is 5.16 Å². The second-order valence-electron chi connectivity index (χ2n) is 2.65. The number of aryl methyl sites for hydroxylation is 1. The van der Waals surface area contributed by atoms with Crippen molar-refractivity contribution in [3.8, 4) is 0 Å². The minimum atomic E-state index is -1.09. The summed E-state index contributed by atoms with van der Waals surface area (Å²) in [7, 11) is 0.